The van der Waals surface area contributed by atoms with Gasteiger partial charge in [-0.1, -0.05) is 0 Å². The molecule has 1 amide bonds. The Morgan fingerprint density at radius 3 is 2.67 bits per heavy atom. The Morgan fingerprint density at radius 1 is 1.60 bits per heavy atom. The third-order valence-corrected chi connectivity index (χ3v) is 2.25. The molecule has 0 aliphatic carbocycles. The summed E-state index contributed by atoms with van der Waals surface area (Å²) < 4.78 is 4.81. The van der Waals surface area contributed by atoms with Crippen molar-refractivity contribution >= 4 is 5.91 Å². The summed E-state index contributed by atoms with van der Waals surface area (Å²) in [6.45, 7) is 5.02. The highest BCUT2D eigenvalue weighted by Gasteiger charge is 2.19. The van der Waals surface area contributed by atoms with Gasteiger partial charge in [0.25, 0.3) is 0 Å². The van der Waals surface area contributed by atoms with Crippen LogP contribution in [-0.4, -0.2) is 61.9 Å². The van der Waals surface area contributed by atoms with Gasteiger partial charge in [-0.25, -0.2) is 0 Å². The van der Waals surface area contributed by atoms with Gasteiger partial charge < -0.3 is 15.2 Å². The number of rotatable bonds is 7. The first-order valence-corrected chi connectivity index (χ1v) is 5.17. The zero-order chi connectivity index (χ0) is 11.8. The minimum Gasteiger partial charge on any atom is -0.389 e. The van der Waals surface area contributed by atoms with Crippen molar-refractivity contribution in [2.24, 2.45) is 0 Å². The highest BCUT2D eigenvalue weighted by atomic mass is 16.5. The molecule has 0 aromatic heterocycles. The molecule has 0 aromatic carbocycles. The lowest BCUT2D eigenvalue weighted by Gasteiger charge is -2.25. The van der Waals surface area contributed by atoms with E-state index in [0.29, 0.717) is 13.1 Å². The van der Waals surface area contributed by atoms with Gasteiger partial charge in [0.1, 0.15) is 0 Å². The lowest BCUT2D eigenvalue weighted by molar-refractivity contribution is -0.125. The molecule has 15 heavy (non-hydrogen) atoms. The molecule has 2 unspecified atom stereocenters. The van der Waals surface area contributed by atoms with E-state index in [1.165, 1.54) is 7.11 Å². The van der Waals surface area contributed by atoms with E-state index in [2.05, 4.69) is 5.32 Å². The van der Waals surface area contributed by atoms with E-state index < -0.39 is 6.10 Å². The molecule has 0 aromatic rings. The van der Waals surface area contributed by atoms with Crippen LogP contribution in [0.1, 0.15) is 13.8 Å². The van der Waals surface area contributed by atoms with E-state index in [9.17, 15) is 9.90 Å². The average Bonchev–Trinajstić information content (AvgIpc) is 2.17. The summed E-state index contributed by atoms with van der Waals surface area (Å²) in [6, 6.07) is -0.239. The molecule has 0 aliphatic heterocycles. The molecular formula is C10H22N2O3. The average molecular weight is 218 g/mol. The van der Waals surface area contributed by atoms with Crippen LogP contribution in [0.3, 0.4) is 0 Å². The number of carbonyl (C=O) groups excluding carboxylic acids is 1. The van der Waals surface area contributed by atoms with Crippen LogP contribution in [0.4, 0.5) is 0 Å². The van der Waals surface area contributed by atoms with E-state index >= 15 is 0 Å². The lowest BCUT2D eigenvalue weighted by Crippen LogP contribution is -2.46. The van der Waals surface area contributed by atoms with Crippen LogP contribution in [0.2, 0.25) is 0 Å². The highest BCUT2D eigenvalue weighted by Crippen LogP contribution is 1.98. The van der Waals surface area contributed by atoms with E-state index in [1.54, 1.807) is 11.9 Å². The van der Waals surface area contributed by atoms with Crippen LogP contribution in [0.25, 0.3) is 0 Å². The number of hydrogen-bond acceptors (Lipinski definition) is 4. The second kappa shape index (κ2) is 7.62. The fraction of sp³-hybridized carbons (Fsp3) is 0.900. The SMILES string of the molecule is CCNC(=O)C(C)N(C)CC(O)COC. The van der Waals surface area contributed by atoms with Gasteiger partial charge in [-0.05, 0) is 20.9 Å². The fourth-order valence-corrected chi connectivity index (χ4v) is 1.26. The molecule has 0 radical (unpaired) electrons. The predicted octanol–water partition coefficient (Wildman–Crippen LogP) is -0.550. The number of methoxy groups -OCH3 is 1. The Kier molecular flexibility index (Phi) is 7.29. The summed E-state index contributed by atoms with van der Waals surface area (Å²) in [5.41, 5.74) is 0. The molecule has 0 saturated heterocycles. The van der Waals surface area contributed by atoms with E-state index in [0.717, 1.165) is 0 Å². The third-order valence-electron chi connectivity index (χ3n) is 2.25. The van der Waals surface area contributed by atoms with Crippen molar-refractivity contribution in [1.29, 1.82) is 0 Å². The normalized spacial score (nSPS) is 15.1. The van der Waals surface area contributed by atoms with Gasteiger partial charge in [0.15, 0.2) is 0 Å². The maximum Gasteiger partial charge on any atom is 0.237 e. The number of nitrogens with one attached hydrogen (secondary N) is 1. The summed E-state index contributed by atoms with van der Waals surface area (Å²) in [7, 11) is 3.34. The van der Waals surface area contributed by atoms with Gasteiger partial charge in [-0.3, -0.25) is 9.69 Å². The van der Waals surface area contributed by atoms with Crippen LogP contribution >= 0.6 is 0 Å². The van der Waals surface area contributed by atoms with Crippen LogP contribution in [0, 0.1) is 0 Å². The Bertz CT molecular complexity index is 188. The molecule has 2 atom stereocenters. The molecule has 5 heteroatoms. The zero-order valence-corrected chi connectivity index (χ0v) is 9.99. The Balaban J connectivity index is 3.97. The smallest absolute Gasteiger partial charge is 0.237 e. The van der Waals surface area contributed by atoms with E-state index in [4.69, 9.17) is 4.74 Å². The number of nitrogens with zero attached hydrogens (tertiary/aromatic N) is 1. The third kappa shape index (κ3) is 5.71. The molecule has 0 saturated carbocycles. The molecule has 5 nitrogen and oxygen atoms in total. The van der Waals surface area contributed by atoms with Crippen molar-refractivity contribution in [3.8, 4) is 0 Å². The van der Waals surface area contributed by atoms with Crippen molar-refractivity contribution in [3.63, 3.8) is 0 Å². The minimum atomic E-state index is -0.558. The number of carbonyl (C=O) groups is 1. The molecule has 0 fully saturated rings. The molecule has 0 spiro atoms. The van der Waals surface area contributed by atoms with Crippen molar-refractivity contribution < 1.29 is 14.6 Å². The standard InChI is InChI=1S/C10H22N2O3/c1-5-11-10(14)8(2)12(3)6-9(13)7-15-4/h8-9,13H,5-7H2,1-4H3,(H,11,14). The molecule has 0 bridgehead atoms. The summed E-state index contributed by atoms with van der Waals surface area (Å²) in [5, 5.41) is 12.2. The zero-order valence-electron chi connectivity index (χ0n) is 9.99. The maximum atomic E-state index is 11.5. The summed E-state index contributed by atoms with van der Waals surface area (Å²) >= 11 is 0. The Hall–Kier alpha value is -0.650. The molecule has 2 N–H and O–H groups in total. The van der Waals surface area contributed by atoms with E-state index in [-0.39, 0.29) is 18.6 Å². The van der Waals surface area contributed by atoms with E-state index in [1.807, 2.05) is 13.8 Å². The van der Waals surface area contributed by atoms with Gasteiger partial charge in [0, 0.05) is 20.2 Å². The van der Waals surface area contributed by atoms with Gasteiger partial charge in [0.05, 0.1) is 18.8 Å². The van der Waals surface area contributed by atoms with Crippen LogP contribution in [-0.2, 0) is 9.53 Å². The van der Waals surface area contributed by atoms with Gasteiger partial charge >= 0.3 is 0 Å². The quantitative estimate of drug-likeness (QED) is 0.602. The number of likely N-dealkylation sites (N-methyl/N-ethyl adjacent to an activating group) is 2. The lowest BCUT2D eigenvalue weighted by atomic mass is 10.2. The second-order valence-electron chi connectivity index (χ2n) is 3.62. The summed E-state index contributed by atoms with van der Waals surface area (Å²) in [5.74, 6) is -0.0235. The Labute approximate surface area is 91.4 Å². The predicted molar refractivity (Wildman–Crippen MR) is 58.7 cm³/mol. The largest absolute Gasteiger partial charge is 0.389 e. The number of ether oxygens (including phenoxy) is 1. The highest BCUT2D eigenvalue weighted by molar-refractivity contribution is 5.81. The molecular weight excluding hydrogens is 196 g/mol. The number of aliphatic hydroxyl groups is 1. The number of aliphatic hydroxyl groups excluding tert-OH is 1. The fourth-order valence-electron chi connectivity index (χ4n) is 1.26. The minimum absolute atomic E-state index is 0.0235. The second-order valence-corrected chi connectivity index (χ2v) is 3.62. The Morgan fingerprint density at radius 2 is 2.20 bits per heavy atom. The van der Waals surface area contributed by atoms with Gasteiger partial charge in [0.2, 0.25) is 5.91 Å². The molecule has 90 valence electrons. The monoisotopic (exact) mass is 218 g/mol. The topological polar surface area (TPSA) is 61.8 Å². The van der Waals surface area contributed by atoms with Gasteiger partial charge in [-0.2, -0.15) is 0 Å². The van der Waals surface area contributed by atoms with Gasteiger partial charge in [-0.15, -0.1) is 0 Å². The van der Waals surface area contributed by atoms with Crippen LogP contribution in [0.5, 0.6) is 0 Å². The maximum absolute atomic E-state index is 11.5. The summed E-state index contributed by atoms with van der Waals surface area (Å²) in [4.78, 5) is 13.3. The van der Waals surface area contributed by atoms with Crippen LogP contribution < -0.4 is 5.32 Å². The van der Waals surface area contributed by atoms with Crippen LogP contribution in [0.15, 0.2) is 0 Å². The molecule has 0 rings (SSSR count). The first kappa shape index (κ1) is 14.3. The van der Waals surface area contributed by atoms with Crippen molar-refractivity contribution in [2.75, 3.05) is 33.9 Å². The number of amides is 1. The van der Waals surface area contributed by atoms with Crippen molar-refractivity contribution in [1.82, 2.24) is 10.2 Å². The molecule has 0 heterocycles. The number of hydrogen-bond donors (Lipinski definition) is 2. The first-order chi connectivity index (χ1) is 7.02. The molecule has 0 aliphatic rings. The summed E-state index contributed by atoms with van der Waals surface area (Å²) in [6.07, 6.45) is -0.558. The van der Waals surface area contributed by atoms with Crippen molar-refractivity contribution in [3.05, 3.63) is 0 Å². The van der Waals surface area contributed by atoms with Crippen molar-refractivity contribution in [2.45, 2.75) is 26.0 Å². The first-order valence-electron chi connectivity index (χ1n) is 5.17.